The van der Waals surface area contributed by atoms with Crippen molar-refractivity contribution in [3.63, 3.8) is 0 Å². The first-order valence-corrected chi connectivity index (χ1v) is 5.10. The third-order valence-corrected chi connectivity index (χ3v) is 2.46. The van der Waals surface area contributed by atoms with Crippen LogP contribution < -0.4 is 0 Å². The minimum atomic E-state index is 0.0798. The number of hydrogen-bond donors (Lipinski definition) is 1. The molecule has 2 aromatic rings. The number of fused-ring (bicyclic) bond motifs is 1. The molecule has 1 aromatic heterocycles. The van der Waals surface area contributed by atoms with Gasteiger partial charge in [0.1, 0.15) is 0 Å². The second-order valence-electron chi connectivity index (χ2n) is 2.83. The highest BCUT2D eigenvalue weighted by atomic mass is 79.9. The van der Waals surface area contributed by atoms with Crippen LogP contribution in [0, 0.1) is 0 Å². The number of nitrogens with one attached hydrogen (secondary N) is 1. The Labute approximate surface area is 84.1 Å². The maximum atomic E-state index is 11.3. The first-order valence-electron chi connectivity index (χ1n) is 3.98. The zero-order valence-electron chi connectivity index (χ0n) is 6.88. The van der Waals surface area contributed by atoms with Crippen LogP contribution >= 0.6 is 15.9 Å². The molecule has 0 aliphatic carbocycles. The van der Waals surface area contributed by atoms with E-state index < -0.39 is 0 Å². The van der Waals surface area contributed by atoms with Gasteiger partial charge in [-0.15, -0.1) is 0 Å². The summed E-state index contributed by atoms with van der Waals surface area (Å²) in [6.45, 7) is 0. The average molecular weight is 238 g/mol. The van der Waals surface area contributed by atoms with Crippen molar-refractivity contribution < 1.29 is 4.79 Å². The van der Waals surface area contributed by atoms with Gasteiger partial charge in [0.25, 0.3) is 0 Å². The van der Waals surface area contributed by atoms with Crippen LogP contribution in [0.25, 0.3) is 10.9 Å². The summed E-state index contributed by atoms with van der Waals surface area (Å²) in [5.74, 6) is 0.0798. The van der Waals surface area contributed by atoms with Crippen LogP contribution in [0.4, 0.5) is 0 Å². The summed E-state index contributed by atoms with van der Waals surface area (Å²) in [4.78, 5) is 14.4. The second-order valence-corrected chi connectivity index (χ2v) is 3.39. The fourth-order valence-corrected chi connectivity index (χ4v) is 1.60. The topological polar surface area (TPSA) is 32.9 Å². The van der Waals surface area contributed by atoms with Gasteiger partial charge in [0, 0.05) is 10.9 Å². The van der Waals surface area contributed by atoms with E-state index in [2.05, 4.69) is 20.9 Å². The molecule has 66 valence electrons. The summed E-state index contributed by atoms with van der Waals surface area (Å²) < 4.78 is 0. The van der Waals surface area contributed by atoms with Gasteiger partial charge < -0.3 is 4.98 Å². The number of ketones is 1. The Hall–Kier alpha value is -1.09. The third kappa shape index (κ3) is 1.52. The molecule has 2 nitrogen and oxygen atoms in total. The smallest absolute Gasteiger partial charge is 0.189 e. The van der Waals surface area contributed by atoms with Gasteiger partial charge in [0.05, 0.1) is 11.0 Å². The van der Waals surface area contributed by atoms with Gasteiger partial charge in [-0.25, -0.2) is 0 Å². The number of carbonyl (C=O) groups is 1. The Morgan fingerprint density at radius 1 is 1.38 bits per heavy atom. The lowest BCUT2D eigenvalue weighted by Gasteiger charge is -1.88. The van der Waals surface area contributed by atoms with E-state index in [1.807, 2.05) is 30.3 Å². The number of Topliss-reactive ketones (excluding diaryl/α,β-unsaturated/α-hetero) is 1. The van der Waals surface area contributed by atoms with E-state index >= 15 is 0 Å². The number of para-hydroxylation sites is 1. The summed E-state index contributed by atoms with van der Waals surface area (Å²) in [5.41, 5.74) is 1.67. The summed E-state index contributed by atoms with van der Waals surface area (Å²) in [5, 5.41) is 1.44. The summed E-state index contributed by atoms with van der Waals surface area (Å²) >= 11 is 3.14. The largest absolute Gasteiger partial charge is 0.352 e. The van der Waals surface area contributed by atoms with E-state index in [4.69, 9.17) is 0 Å². The monoisotopic (exact) mass is 237 g/mol. The van der Waals surface area contributed by atoms with Gasteiger partial charge in [0.2, 0.25) is 0 Å². The summed E-state index contributed by atoms with van der Waals surface area (Å²) in [6.07, 6.45) is 0. The van der Waals surface area contributed by atoms with Crippen LogP contribution in [0.3, 0.4) is 0 Å². The van der Waals surface area contributed by atoms with E-state index in [9.17, 15) is 4.79 Å². The Kier molecular flexibility index (Phi) is 2.19. The Bertz CT molecular complexity index is 414. The van der Waals surface area contributed by atoms with Crippen molar-refractivity contribution in [3.05, 3.63) is 36.0 Å². The minimum absolute atomic E-state index is 0.0798. The molecule has 0 amide bonds. The van der Waals surface area contributed by atoms with Crippen LogP contribution in [-0.4, -0.2) is 16.1 Å². The predicted octanol–water partition coefficient (Wildman–Crippen LogP) is 2.75. The second kappa shape index (κ2) is 3.34. The molecule has 2 rings (SSSR count). The zero-order valence-corrected chi connectivity index (χ0v) is 8.47. The fourth-order valence-electron chi connectivity index (χ4n) is 1.30. The first-order chi connectivity index (χ1) is 6.31. The number of aromatic nitrogens is 1. The molecule has 0 spiro atoms. The lowest BCUT2D eigenvalue weighted by molar-refractivity contribution is 0.102. The summed E-state index contributed by atoms with van der Waals surface area (Å²) in [7, 11) is 0. The molecule has 1 heterocycles. The molecule has 0 radical (unpaired) electrons. The van der Waals surface area contributed by atoms with Gasteiger partial charge >= 0.3 is 0 Å². The van der Waals surface area contributed by atoms with Crippen molar-refractivity contribution in [2.24, 2.45) is 0 Å². The SMILES string of the molecule is O=C(CBr)c1cc2ccccc2[nH]1. The van der Waals surface area contributed by atoms with E-state index in [1.54, 1.807) is 0 Å². The van der Waals surface area contributed by atoms with Crippen LogP contribution in [0.15, 0.2) is 30.3 Å². The average Bonchev–Trinajstić information content (AvgIpc) is 2.59. The van der Waals surface area contributed by atoms with Crippen molar-refractivity contribution in [2.75, 3.05) is 5.33 Å². The quantitative estimate of drug-likeness (QED) is 0.633. The van der Waals surface area contributed by atoms with E-state index in [0.29, 0.717) is 11.0 Å². The number of H-pyrrole nitrogens is 1. The lowest BCUT2D eigenvalue weighted by atomic mass is 10.2. The first kappa shape index (κ1) is 8.51. The number of hydrogen-bond acceptors (Lipinski definition) is 1. The Morgan fingerprint density at radius 3 is 2.85 bits per heavy atom. The third-order valence-electron chi connectivity index (χ3n) is 1.95. The molecule has 0 saturated carbocycles. The molecule has 1 N–H and O–H groups in total. The maximum Gasteiger partial charge on any atom is 0.189 e. The van der Waals surface area contributed by atoms with Gasteiger partial charge in [0.15, 0.2) is 5.78 Å². The van der Waals surface area contributed by atoms with Crippen LogP contribution in [0.1, 0.15) is 10.5 Å². The molecular formula is C10H8BrNO. The number of benzene rings is 1. The van der Waals surface area contributed by atoms with Crippen LogP contribution in [0.2, 0.25) is 0 Å². The fraction of sp³-hybridized carbons (Fsp3) is 0.100. The van der Waals surface area contributed by atoms with E-state index in [-0.39, 0.29) is 5.78 Å². The molecule has 0 fully saturated rings. The number of rotatable bonds is 2. The van der Waals surface area contributed by atoms with Crippen molar-refractivity contribution in [1.29, 1.82) is 0 Å². The lowest BCUT2D eigenvalue weighted by Crippen LogP contribution is -1.99. The highest BCUT2D eigenvalue weighted by Gasteiger charge is 2.06. The highest BCUT2D eigenvalue weighted by molar-refractivity contribution is 9.09. The molecule has 0 atom stereocenters. The Morgan fingerprint density at radius 2 is 2.15 bits per heavy atom. The van der Waals surface area contributed by atoms with Gasteiger partial charge in [-0.3, -0.25) is 4.79 Å². The van der Waals surface area contributed by atoms with Crippen LogP contribution in [0.5, 0.6) is 0 Å². The van der Waals surface area contributed by atoms with Crippen molar-refractivity contribution in [2.45, 2.75) is 0 Å². The number of aromatic amines is 1. The van der Waals surface area contributed by atoms with Gasteiger partial charge in [-0.2, -0.15) is 0 Å². The molecular weight excluding hydrogens is 230 g/mol. The molecule has 0 aliphatic rings. The molecule has 3 heteroatoms. The molecule has 0 unspecified atom stereocenters. The highest BCUT2D eigenvalue weighted by Crippen LogP contribution is 2.15. The maximum absolute atomic E-state index is 11.3. The summed E-state index contributed by atoms with van der Waals surface area (Å²) in [6, 6.07) is 9.72. The van der Waals surface area contributed by atoms with E-state index in [0.717, 1.165) is 10.9 Å². The number of alkyl halides is 1. The van der Waals surface area contributed by atoms with Crippen molar-refractivity contribution in [1.82, 2.24) is 4.98 Å². The molecule has 13 heavy (non-hydrogen) atoms. The standard InChI is InChI=1S/C10H8BrNO/c11-6-10(13)9-5-7-3-1-2-4-8(7)12-9/h1-5,12H,6H2. The molecule has 0 aliphatic heterocycles. The predicted molar refractivity (Wildman–Crippen MR) is 56.4 cm³/mol. The molecule has 1 aromatic carbocycles. The minimum Gasteiger partial charge on any atom is -0.352 e. The van der Waals surface area contributed by atoms with Gasteiger partial charge in [-0.05, 0) is 12.1 Å². The number of carbonyl (C=O) groups excluding carboxylic acids is 1. The Balaban J connectivity index is 2.56. The van der Waals surface area contributed by atoms with Gasteiger partial charge in [-0.1, -0.05) is 34.1 Å². The normalized spacial score (nSPS) is 10.5. The van der Waals surface area contributed by atoms with E-state index in [1.165, 1.54) is 0 Å². The van der Waals surface area contributed by atoms with Crippen molar-refractivity contribution >= 4 is 32.6 Å². The molecule has 0 saturated heterocycles. The zero-order chi connectivity index (χ0) is 9.26. The van der Waals surface area contributed by atoms with Crippen molar-refractivity contribution in [3.8, 4) is 0 Å². The molecule has 0 bridgehead atoms. The van der Waals surface area contributed by atoms with Crippen LogP contribution in [-0.2, 0) is 0 Å². The number of halogens is 1.